The summed E-state index contributed by atoms with van der Waals surface area (Å²) in [5.74, 6) is 1.22. The Kier molecular flexibility index (Phi) is 8.89. The summed E-state index contributed by atoms with van der Waals surface area (Å²) in [7, 11) is 3.02. The molecule has 5 rings (SSSR count). The first-order valence-corrected chi connectivity index (χ1v) is 13.7. The molecule has 4 aliphatic rings. The van der Waals surface area contributed by atoms with Crippen LogP contribution in [0.5, 0.6) is 11.5 Å². The Morgan fingerprint density at radius 2 is 2.14 bits per heavy atom. The zero-order chi connectivity index (χ0) is 26.7. The average Bonchev–Trinajstić information content (AvgIpc) is 3.42. The predicted octanol–water partition coefficient (Wildman–Crippen LogP) is 3.31. The van der Waals surface area contributed by atoms with E-state index in [-0.39, 0.29) is 29.5 Å². The number of carbonyl (C=O) groups is 1. The molecular formula is C28H43BN2O6. The van der Waals surface area contributed by atoms with Crippen molar-refractivity contribution in [1.29, 1.82) is 0 Å². The molecule has 5 atom stereocenters. The largest absolute Gasteiger partial charge is 0.493 e. The van der Waals surface area contributed by atoms with E-state index >= 15 is 0 Å². The summed E-state index contributed by atoms with van der Waals surface area (Å²) in [6.07, 6.45) is 8.32. The van der Waals surface area contributed by atoms with Gasteiger partial charge in [-0.05, 0) is 70.2 Å². The molecule has 1 aromatic carbocycles. The highest BCUT2D eigenvalue weighted by atomic mass is 16.6. The van der Waals surface area contributed by atoms with Gasteiger partial charge in [0, 0.05) is 25.1 Å². The Labute approximate surface area is 221 Å². The molecule has 37 heavy (non-hydrogen) atoms. The van der Waals surface area contributed by atoms with Crippen LogP contribution in [0.4, 0.5) is 0 Å². The zero-order valence-electron chi connectivity index (χ0n) is 23.2. The van der Waals surface area contributed by atoms with Crippen molar-refractivity contribution in [1.82, 2.24) is 10.1 Å². The van der Waals surface area contributed by atoms with Crippen molar-refractivity contribution in [3.63, 3.8) is 0 Å². The summed E-state index contributed by atoms with van der Waals surface area (Å²) >= 11 is 0. The minimum absolute atomic E-state index is 0.00258. The first-order chi connectivity index (χ1) is 17.6. The number of benzene rings is 1. The molecule has 1 saturated heterocycles. The predicted molar refractivity (Wildman–Crippen MR) is 144 cm³/mol. The third-order valence-electron chi connectivity index (χ3n) is 7.90. The maximum Gasteiger partial charge on any atom is 0.374 e. The number of ether oxygens (including phenoxy) is 4. The molecular weight excluding hydrogens is 471 g/mol. The van der Waals surface area contributed by atoms with Crippen LogP contribution in [0.1, 0.15) is 57.6 Å². The molecule has 204 valence electrons. The van der Waals surface area contributed by atoms with E-state index < -0.39 is 13.1 Å². The molecule has 9 heteroatoms. The minimum atomic E-state index is -0.786. The first kappa shape index (κ1) is 28.0. The Balaban J connectivity index is 0.000000469. The maximum absolute atomic E-state index is 12.8. The Morgan fingerprint density at radius 1 is 1.35 bits per heavy atom. The van der Waals surface area contributed by atoms with Crippen LogP contribution in [-0.2, 0) is 26.2 Å². The van der Waals surface area contributed by atoms with E-state index in [1.807, 2.05) is 26.0 Å². The third-order valence-corrected chi connectivity index (χ3v) is 7.90. The lowest BCUT2D eigenvalue weighted by Gasteiger charge is -2.37. The molecule has 0 bridgehead atoms. The number of nitrogens with one attached hydrogen (secondary N) is 1. The molecule has 0 aromatic heterocycles. The van der Waals surface area contributed by atoms with Crippen LogP contribution in [0.15, 0.2) is 24.3 Å². The highest BCUT2D eigenvalue weighted by Gasteiger charge is 2.53. The van der Waals surface area contributed by atoms with Crippen molar-refractivity contribution in [2.24, 2.45) is 5.92 Å². The molecule has 1 fully saturated rings. The van der Waals surface area contributed by atoms with E-state index in [1.54, 1.807) is 13.9 Å². The van der Waals surface area contributed by atoms with E-state index in [4.69, 9.17) is 18.9 Å². The van der Waals surface area contributed by atoms with Gasteiger partial charge in [0.2, 0.25) is 0 Å². The standard InChI is InChI=1S/C23H33BN2O5.C5H10O/c1-14(2)20(25-24(3)28)22(27)30-16-8-9-23-10-11-26(4)13-15-6-7-17(29-5)21(19(15)23)31-18(23)12-16;1-5-3-2-4-6-5/h6-9,14,16,18,20,25,28H,10-13H2,1-5H3;5H,2-4H2,1H3/t16-,18-,20+,23-;/m0./s1. The lowest BCUT2D eigenvalue weighted by molar-refractivity contribution is -0.151. The van der Waals surface area contributed by atoms with Gasteiger partial charge in [-0.2, -0.15) is 0 Å². The maximum atomic E-state index is 12.8. The Bertz CT molecular complexity index is 980. The summed E-state index contributed by atoms with van der Waals surface area (Å²) in [6.45, 7) is 10.4. The number of esters is 1. The summed E-state index contributed by atoms with van der Waals surface area (Å²) in [4.78, 5) is 15.1. The lowest BCUT2D eigenvalue weighted by Crippen LogP contribution is -2.50. The van der Waals surface area contributed by atoms with Crippen molar-refractivity contribution in [3.8, 4) is 11.5 Å². The fourth-order valence-corrected chi connectivity index (χ4v) is 5.91. The molecule has 1 aromatic rings. The number of hydrogen-bond donors (Lipinski definition) is 2. The Hall–Kier alpha value is -2.07. The van der Waals surface area contributed by atoms with Crippen LogP contribution in [-0.4, -0.2) is 74.6 Å². The molecule has 3 aliphatic heterocycles. The van der Waals surface area contributed by atoms with Gasteiger partial charge in [0.15, 0.2) is 11.5 Å². The average molecular weight is 514 g/mol. The van der Waals surface area contributed by atoms with Crippen LogP contribution in [0.25, 0.3) is 0 Å². The van der Waals surface area contributed by atoms with Gasteiger partial charge in [0.25, 0.3) is 0 Å². The fourth-order valence-electron chi connectivity index (χ4n) is 5.91. The zero-order valence-corrected chi connectivity index (χ0v) is 23.2. The van der Waals surface area contributed by atoms with Gasteiger partial charge in [-0.15, -0.1) is 0 Å². The van der Waals surface area contributed by atoms with Crippen molar-refractivity contribution in [2.75, 3.05) is 27.3 Å². The van der Waals surface area contributed by atoms with E-state index in [1.165, 1.54) is 24.0 Å². The van der Waals surface area contributed by atoms with Crippen molar-refractivity contribution < 1.29 is 28.8 Å². The van der Waals surface area contributed by atoms with Gasteiger partial charge < -0.3 is 34.1 Å². The number of rotatable bonds is 6. The number of nitrogens with zero attached hydrogens (tertiary/aromatic N) is 1. The van der Waals surface area contributed by atoms with Crippen LogP contribution in [0, 0.1) is 5.92 Å². The monoisotopic (exact) mass is 514 g/mol. The molecule has 1 aliphatic carbocycles. The second kappa shape index (κ2) is 11.8. The Morgan fingerprint density at radius 3 is 2.73 bits per heavy atom. The quantitative estimate of drug-likeness (QED) is 0.340. The summed E-state index contributed by atoms with van der Waals surface area (Å²) in [5.41, 5.74) is 2.25. The van der Waals surface area contributed by atoms with E-state index in [0.29, 0.717) is 12.5 Å². The van der Waals surface area contributed by atoms with Crippen molar-refractivity contribution in [2.45, 2.75) is 89.6 Å². The van der Waals surface area contributed by atoms with Crippen molar-refractivity contribution in [3.05, 3.63) is 35.4 Å². The molecule has 1 unspecified atom stereocenters. The first-order valence-electron chi connectivity index (χ1n) is 13.7. The van der Waals surface area contributed by atoms with Gasteiger partial charge >= 0.3 is 13.0 Å². The van der Waals surface area contributed by atoms with Crippen LogP contribution in [0.3, 0.4) is 0 Å². The molecule has 3 heterocycles. The fraction of sp³-hybridized carbons (Fsp3) is 0.679. The van der Waals surface area contributed by atoms with E-state index in [0.717, 1.165) is 37.6 Å². The normalized spacial score (nSPS) is 28.8. The van der Waals surface area contributed by atoms with Crippen LogP contribution < -0.4 is 14.7 Å². The minimum Gasteiger partial charge on any atom is -0.493 e. The van der Waals surface area contributed by atoms with E-state index in [9.17, 15) is 9.82 Å². The molecule has 8 nitrogen and oxygen atoms in total. The molecule has 2 N–H and O–H groups in total. The van der Waals surface area contributed by atoms with Gasteiger partial charge in [-0.1, -0.05) is 26.0 Å². The SMILES string of the molecule is CC1CCCO1.COc1ccc2c3c1O[C@H]1C[C@@H](OC(=O)[C@H](NB(C)O)C(C)C)C=C[C@@]31CCN(C)C2. The molecule has 0 radical (unpaired) electrons. The summed E-state index contributed by atoms with van der Waals surface area (Å²) in [6, 6.07) is 3.56. The van der Waals surface area contributed by atoms with Crippen LogP contribution >= 0.6 is 0 Å². The van der Waals surface area contributed by atoms with Gasteiger partial charge in [0.05, 0.1) is 18.6 Å². The third kappa shape index (κ3) is 6.00. The number of carbonyl (C=O) groups excluding carboxylic acids is 1. The van der Waals surface area contributed by atoms with E-state index in [2.05, 4.69) is 36.2 Å². The highest BCUT2D eigenvalue weighted by molar-refractivity contribution is 6.46. The number of hydrogen-bond acceptors (Lipinski definition) is 8. The molecule has 0 saturated carbocycles. The van der Waals surface area contributed by atoms with Gasteiger partial charge in [0.1, 0.15) is 18.2 Å². The molecule has 0 amide bonds. The van der Waals surface area contributed by atoms with Crippen LogP contribution in [0.2, 0.25) is 6.82 Å². The van der Waals surface area contributed by atoms with Gasteiger partial charge in [-0.3, -0.25) is 4.79 Å². The highest BCUT2D eigenvalue weighted by Crippen LogP contribution is 2.55. The molecule has 1 spiro atoms. The number of methoxy groups -OCH3 is 1. The topological polar surface area (TPSA) is 89.5 Å². The lowest BCUT2D eigenvalue weighted by atomic mass is 9.69. The smallest absolute Gasteiger partial charge is 0.374 e. The second-order valence-corrected chi connectivity index (χ2v) is 11.2. The van der Waals surface area contributed by atoms with Crippen molar-refractivity contribution >= 4 is 13.0 Å². The van der Waals surface area contributed by atoms with Gasteiger partial charge in [-0.25, -0.2) is 0 Å². The summed E-state index contributed by atoms with van der Waals surface area (Å²) in [5, 5.41) is 12.6. The second-order valence-electron chi connectivity index (χ2n) is 11.2. The summed E-state index contributed by atoms with van der Waals surface area (Å²) < 4.78 is 23.1.